The van der Waals surface area contributed by atoms with Crippen LogP contribution in [0.5, 0.6) is 5.75 Å². The molecule has 2 aromatic rings. The highest BCUT2D eigenvalue weighted by Gasteiger charge is 2.36. The number of benzene rings is 1. The lowest BCUT2D eigenvalue weighted by Gasteiger charge is -2.06. The van der Waals surface area contributed by atoms with Gasteiger partial charge in [-0.2, -0.15) is 27.2 Å². The van der Waals surface area contributed by atoms with Crippen LogP contribution in [0.4, 0.5) is 22.0 Å². The molecule has 0 saturated heterocycles. The van der Waals surface area contributed by atoms with E-state index >= 15 is 0 Å². The third kappa shape index (κ3) is 3.31. The van der Waals surface area contributed by atoms with E-state index < -0.39 is 24.0 Å². The summed E-state index contributed by atoms with van der Waals surface area (Å²) in [6, 6.07) is 7.60. The molecule has 0 atom stereocenters. The quantitative estimate of drug-likeness (QED) is 0.865. The van der Waals surface area contributed by atoms with Crippen molar-refractivity contribution < 1.29 is 26.7 Å². The topological polar surface area (TPSA) is 48.8 Å². The van der Waals surface area contributed by atoms with Crippen LogP contribution in [0.25, 0.3) is 11.3 Å². The minimum atomic E-state index is -4.71. The molecule has 110 valence electrons. The lowest BCUT2D eigenvalue weighted by Crippen LogP contribution is -2.07. The summed E-state index contributed by atoms with van der Waals surface area (Å²) in [6.45, 7) is -3.04. The predicted octanol–water partition coefficient (Wildman–Crippen LogP) is 4.17. The van der Waals surface area contributed by atoms with Gasteiger partial charge in [0.2, 0.25) is 0 Å². The summed E-state index contributed by atoms with van der Waals surface area (Å²) in [5.74, 6) is -0.191. The Hall–Kier alpha value is -2.56. The highest BCUT2D eigenvalue weighted by Crippen LogP contribution is 2.34. The Labute approximate surface area is 115 Å². The van der Waals surface area contributed by atoms with Crippen molar-refractivity contribution in [2.24, 2.45) is 0 Å². The van der Waals surface area contributed by atoms with E-state index in [1.807, 2.05) is 0 Å². The van der Waals surface area contributed by atoms with Gasteiger partial charge < -0.3 is 9.72 Å². The summed E-state index contributed by atoms with van der Waals surface area (Å²) < 4.78 is 66.5. The summed E-state index contributed by atoms with van der Waals surface area (Å²) in [5, 5.41) is 8.72. The van der Waals surface area contributed by atoms with E-state index in [4.69, 9.17) is 5.26 Å². The molecule has 0 spiro atoms. The fourth-order valence-corrected chi connectivity index (χ4v) is 1.76. The van der Waals surface area contributed by atoms with Gasteiger partial charge in [-0.25, -0.2) is 0 Å². The van der Waals surface area contributed by atoms with E-state index in [2.05, 4.69) is 9.72 Å². The summed E-state index contributed by atoms with van der Waals surface area (Å²) in [7, 11) is 0. The maximum Gasteiger partial charge on any atom is 0.432 e. The Morgan fingerprint density at radius 1 is 1.19 bits per heavy atom. The number of H-pyrrole nitrogens is 1. The van der Waals surface area contributed by atoms with Crippen LogP contribution in [0.1, 0.15) is 11.3 Å². The first kappa shape index (κ1) is 14.8. The molecule has 0 aliphatic carbocycles. The van der Waals surface area contributed by atoms with Crippen molar-refractivity contribution in [2.45, 2.75) is 12.8 Å². The van der Waals surface area contributed by atoms with Gasteiger partial charge in [-0.15, -0.1) is 0 Å². The second-order valence-corrected chi connectivity index (χ2v) is 3.99. The molecule has 0 fully saturated rings. The van der Waals surface area contributed by atoms with E-state index in [0.29, 0.717) is 0 Å². The Bertz CT molecular complexity index is 685. The van der Waals surface area contributed by atoms with Crippen LogP contribution in [0.2, 0.25) is 0 Å². The average Bonchev–Trinajstić information content (AvgIpc) is 2.82. The Kier molecular flexibility index (Phi) is 3.84. The highest BCUT2D eigenvalue weighted by molar-refractivity contribution is 5.65. The monoisotopic (exact) mass is 302 g/mol. The van der Waals surface area contributed by atoms with Gasteiger partial charge in [0.05, 0.1) is 5.56 Å². The zero-order valence-electron chi connectivity index (χ0n) is 10.2. The van der Waals surface area contributed by atoms with Crippen LogP contribution in [-0.4, -0.2) is 11.6 Å². The second kappa shape index (κ2) is 5.44. The molecular weight excluding hydrogens is 295 g/mol. The maximum absolute atomic E-state index is 12.7. The molecule has 2 rings (SSSR count). The molecular formula is C13H7F5N2O. The number of nitriles is 1. The van der Waals surface area contributed by atoms with Crippen LogP contribution in [0.15, 0.2) is 30.3 Å². The SMILES string of the molecule is N#Cc1cc(-c2cccc(OC(F)F)c2)[nH]c1C(F)(F)F. The first-order valence-electron chi connectivity index (χ1n) is 5.57. The smallest absolute Gasteiger partial charge is 0.432 e. The Morgan fingerprint density at radius 3 is 2.43 bits per heavy atom. The fourth-order valence-electron chi connectivity index (χ4n) is 1.76. The summed E-state index contributed by atoms with van der Waals surface area (Å²) >= 11 is 0. The van der Waals surface area contributed by atoms with Crippen molar-refractivity contribution in [3.63, 3.8) is 0 Å². The van der Waals surface area contributed by atoms with E-state index in [0.717, 1.165) is 12.1 Å². The standard InChI is InChI=1S/C13H7F5N2O/c14-12(15)21-9-3-1-2-7(4-9)10-5-8(6-19)11(20-10)13(16,17)18/h1-5,12,20H. The van der Waals surface area contributed by atoms with Crippen molar-refractivity contribution in [3.8, 4) is 23.1 Å². The van der Waals surface area contributed by atoms with Gasteiger partial charge in [-0.1, -0.05) is 12.1 Å². The largest absolute Gasteiger partial charge is 0.435 e. The molecule has 1 aromatic carbocycles. The third-order valence-corrected chi connectivity index (χ3v) is 2.59. The molecule has 0 saturated carbocycles. The van der Waals surface area contributed by atoms with Gasteiger partial charge in [0.15, 0.2) is 0 Å². The summed E-state index contributed by atoms with van der Waals surface area (Å²) in [6.07, 6.45) is -4.71. The molecule has 1 N–H and O–H groups in total. The average molecular weight is 302 g/mol. The van der Waals surface area contributed by atoms with E-state index in [-0.39, 0.29) is 17.0 Å². The molecule has 1 aromatic heterocycles. The van der Waals surface area contributed by atoms with Crippen LogP contribution in [-0.2, 0) is 6.18 Å². The maximum atomic E-state index is 12.7. The summed E-state index contributed by atoms with van der Waals surface area (Å²) in [4.78, 5) is 2.08. The first-order valence-corrected chi connectivity index (χ1v) is 5.57. The molecule has 0 unspecified atom stereocenters. The molecule has 0 bridgehead atoms. The number of alkyl halides is 5. The number of rotatable bonds is 3. The van der Waals surface area contributed by atoms with Gasteiger partial charge in [0, 0.05) is 11.3 Å². The van der Waals surface area contributed by atoms with Crippen LogP contribution < -0.4 is 4.74 Å². The Morgan fingerprint density at radius 2 is 1.90 bits per heavy atom. The Balaban J connectivity index is 2.44. The lowest BCUT2D eigenvalue weighted by atomic mass is 10.1. The van der Waals surface area contributed by atoms with Crippen molar-refractivity contribution in [3.05, 3.63) is 41.6 Å². The van der Waals surface area contributed by atoms with Gasteiger partial charge in [0.1, 0.15) is 17.5 Å². The second-order valence-electron chi connectivity index (χ2n) is 3.99. The molecule has 8 heteroatoms. The molecule has 1 heterocycles. The van der Waals surface area contributed by atoms with E-state index in [1.54, 1.807) is 0 Å². The van der Waals surface area contributed by atoms with Crippen molar-refractivity contribution in [1.82, 2.24) is 4.98 Å². The fraction of sp³-hybridized carbons (Fsp3) is 0.154. The number of hydrogen-bond acceptors (Lipinski definition) is 2. The number of ether oxygens (including phenoxy) is 1. The summed E-state index contributed by atoms with van der Waals surface area (Å²) in [5.41, 5.74) is -1.57. The van der Waals surface area contributed by atoms with Crippen LogP contribution >= 0.6 is 0 Å². The predicted molar refractivity (Wildman–Crippen MR) is 62.6 cm³/mol. The number of aromatic amines is 1. The number of hydrogen-bond donors (Lipinski definition) is 1. The van der Waals surface area contributed by atoms with Crippen molar-refractivity contribution in [2.75, 3.05) is 0 Å². The number of halogens is 5. The first-order chi connectivity index (χ1) is 9.81. The van der Waals surface area contributed by atoms with Crippen molar-refractivity contribution >= 4 is 0 Å². The van der Waals surface area contributed by atoms with Gasteiger partial charge in [0.25, 0.3) is 0 Å². The third-order valence-electron chi connectivity index (χ3n) is 2.59. The van der Waals surface area contributed by atoms with Crippen molar-refractivity contribution in [1.29, 1.82) is 5.26 Å². The van der Waals surface area contributed by atoms with E-state index in [9.17, 15) is 22.0 Å². The minimum absolute atomic E-state index is 0.0152. The molecule has 0 aliphatic rings. The zero-order chi connectivity index (χ0) is 15.6. The number of nitrogens with one attached hydrogen (secondary N) is 1. The molecule has 21 heavy (non-hydrogen) atoms. The highest BCUT2D eigenvalue weighted by atomic mass is 19.4. The molecule has 3 nitrogen and oxygen atoms in total. The van der Waals surface area contributed by atoms with Gasteiger partial charge in [-0.05, 0) is 18.2 Å². The van der Waals surface area contributed by atoms with Gasteiger partial charge >= 0.3 is 12.8 Å². The minimum Gasteiger partial charge on any atom is -0.435 e. The molecule has 0 aliphatic heterocycles. The van der Waals surface area contributed by atoms with Gasteiger partial charge in [-0.3, -0.25) is 0 Å². The lowest BCUT2D eigenvalue weighted by molar-refractivity contribution is -0.140. The normalized spacial score (nSPS) is 11.5. The number of aromatic nitrogens is 1. The van der Waals surface area contributed by atoms with Crippen LogP contribution in [0, 0.1) is 11.3 Å². The molecule has 0 radical (unpaired) electrons. The number of nitrogens with zero attached hydrogens (tertiary/aromatic N) is 1. The molecule has 0 amide bonds. The van der Waals surface area contributed by atoms with E-state index in [1.165, 1.54) is 24.3 Å². The zero-order valence-corrected chi connectivity index (χ0v) is 10.2. The van der Waals surface area contributed by atoms with Crippen LogP contribution in [0.3, 0.4) is 0 Å².